The lowest BCUT2D eigenvalue weighted by atomic mass is 10.1. The molecule has 1 aliphatic rings. The molecule has 1 aromatic rings. The summed E-state index contributed by atoms with van der Waals surface area (Å²) in [5.41, 5.74) is 0.939. The van der Waals surface area contributed by atoms with Crippen LogP contribution < -0.4 is 9.47 Å². The maximum absolute atomic E-state index is 11.4. The SMILES string of the molecule is CCOc1cc(/C=C2\CC(=O)CCO2)ccc1OC. The molecule has 4 nitrogen and oxygen atoms in total. The molecule has 0 spiro atoms. The Kier molecular flexibility index (Phi) is 4.44. The second-order valence-corrected chi connectivity index (χ2v) is 4.27. The van der Waals surface area contributed by atoms with Crippen LogP contribution >= 0.6 is 0 Å². The number of hydrogen-bond donors (Lipinski definition) is 0. The average Bonchev–Trinajstić information content (AvgIpc) is 2.39. The molecular formula is C15H18O4. The van der Waals surface area contributed by atoms with E-state index >= 15 is 0 Å². The molecule has 0 unspecified atom stereocenters. The lowest BCUT2D eigenvalue weighted by Gasteiger charge is -2.15. The van der Waals surface area contributed by atoms with Crippen LogP contribution in [0, 0.1) is 0 Å². The molecular weight excluding hydrogens is 244 g/mol. The zero-order valence-corrected chi connectivity index (χ0v) is 11.3. The van der Waals surface area contributed by atoms with Crippen LogP contribution in [0.1, 0.15) is 25.3 Å². The third kappa shape index (κ3) is 3.50. The molecule has 0 bridgehead atoms. The lowest BCUT2D eigenvalue weighted by molar-refractivity contribution is -0.121. The smallest absolute Gasteiger partial charge is 0.161 e. The number of ketones is 1. The minimum atomic E-state index is 0.219. The van der Waals surface area contributed by atoms with Gasteiger partial charge in [0.15, 0.2) is 11.5 Å². The van der Waals surface area contributed by atoms with E-state index in [9.17, 15) is 4.79 Å². The predicted octanol–water partition coefficient (Wildman–Crippen LogP) is 2.81. The molecule has 19 heavy (non-hydrogen) atoms. The minimum absolute atomic E-state index is 0.219. The fraction of sp³-hybridized carbons (Fsp3) is 0.400. The topological polar surface area (TPSA) is 44.8 Å². The normalized spacial score (nSPS) is 17.2. The van der Waals surface area contributed by atoms with Crippen molar-refractivity contribution in [1.82, 2.24) is 0 Å². The zero-order chi connectivity index (χ0) is 13.7. The fourth-order valence-electron chi connectivity index (χ4n) is 1.96. The molecule has 2 rings (SSSR count). The van der Waals surface area contributed by atoms with E-state index in [1.54, 1.807) is 7.11 Å². The van der Waals surface area contributed by atoms with Crippen LogP contribution in [0.25, 0.3) is 6.08 Å². The summed E-state index contributed by atoms with van der Waals surface area (Å²) in [6, 6.07) is 5.65. The third-order valence-corrected chi connectivity index (χ3v) is 2.85. The summed E-state index contributed by atoms with van der Waals surface area (Å²) in [5.74, 6) is 2.33. The molecule has 1 aromatic carbocycles. The number of Topliss-reactive ketones (excluding diaryl/α,β-unsaturated/α-hetero) is 1. The van der Waals surface area contributed by atoms with E-state index < -0.39 is 0 Å². The van der Waals surface area contributed by atoms with Crippen LogP contribution in [0.4, 0.5) is 0 Å². The standard InChI is InChI=1S/C15H18O4/c1-3-18-15-9-11(4-5-14(15)17-2)8-13-10-12(16)6-7-19-13/h4-5,8-9H,3,6-7,10H2,1-2H3/b13-8+. The summed E-state index contributed by atoms with van der Waals surface area (Å²) >= 11 is 0. The Labute approximate surface area is 113 Å². The average molecular weight is 262 g/mol. The highest BCUT2D eigenvalue weighted by molar-refractivity contribution is 5.82. The van der Waals surface area contributed by atoms with E-state index in [0.717, 1.165) is 5.56 Å². The van der Waals surface area contributed by atoms with Gasteiger partial charge in [-0.1, -0.05) is 6.07 Å². The predicted molar refractivity (Wildman–Crippen MR) is 72.3 cm³/mol. The number of allylic oxidation sites excluding steroid dienone is 1. The number of carbonyl (C=O) groups excluding carboxylic acids is 1. The Hall–Kier alpha value is -1.97. The maximum atomic E-state index is 11.4. The molecule has 0 aromatic heterocycles. The van der Waals surface area contributed by atoms with Gasteiger partial charge in [0.25, 0.3) is 0 Å². The number of methoxy groups -OCH3 is 1. The van der Waals surface area contributed by atoms with Crippen molar-refractivity contribution in [3.8, 4) is 11.5 Å². The number of ether oxygens (including phenoxy) is 3. The van der Waals surface area contributed by atoms with Gasteiger partial charge in [-0.05, 0) is 30.7 Å². The second kappa shape index (κ2) is 6.27. The van der Waals surface area contributed by atoms with Crippen molar-refractivity contribution in [2.45, 2.75) is 19.8 Å². The summed E-state index contributed by atoms with van der Waals surface area (Å²) in [4.78, 5) is 11.4. The van der Waals surface area contributed by atoms with Crippen LogP contribution in [0.15, 0.2) is 24.0 Å². The quantitative estimate of drug-likeness (QED) is 0.837. The number of benzene rings is 1. The van der Waals surface area contributed by atoms with Crippen molar-refractivity contribution < 1.29 is 19.0 Å². The molecule has 0 amide bonds. The van der Waals surface area contributed by atoms with Crippen LogP contribution in [-0.4, -0.2) is 26.1 Å². The second-order valence-electron chi connectivity index (χ2n) is 4.27. The number of rotatable bonds is 4. The van der Waals surface area contributed by atoms with Crippen molar-refractivity contribution in [3.05, 3.63) is 29.5 Å². The van der Waals surface area contributed by atoms with Gasteiger partial charge in [0.05, 0.1) is 26.7 Å². The van der Waals surface area contributed by atoms with Gasteiger partial charge in [-0.3, -0.25) is 4.79 Å². The first-order chi connectivity index (χ1) is 9.22. The van der Waals surface area contributed by atoms with Crippen molar-refractivity contribution in [2.24, 2.45) is 0 Å². The van der Waals surface area contributed by atoms with Crippen LogP contribution in [0.2, 0.25) is 0 Å². The summed E-state index contributed by atoms with van der Waals surface area (Å²) in [7, 11) is 1.61. The molecule has 1 fully saturated rings. The Morgan fingerprint density at radius 2 is 2.21 bits per heavy atom. The van der Waals surface area contributed by atoms with Gasteiger partial charge in [0.2, 0.25) is 0 Å². The highest BCUT2D eigenvalue weighted by Gasteiger charge is 2.14. The van der Waals surface area contributed by atoms with E-state index in [4.69, 9.17) is 14.2 Å². The van der Waals surface area contributed by atoms with Crippen LogP contribution in [0.5, 0.6) is 11.5 Å². The molecule has 0 atom stereocenters. The van der Waals surface area contributed by atoms with Crippen LogP contribution in [0.3, 0.4) is 0 Å². The molecule has 0 aliphatic carbocycles. The summed E-state index contributed by atoms with van der Waals surface area (Å²) in [5, 5.41) is 0. The number of hydrogen-bond acceptors (Lipinski definition) is 4. The molecule has 0 N–H and O–H groups in total. The lowest BCUT2D eigenvalue weighted by Crippen LogP contribution is -2.13. The van der Waals surface area contributed by atoms with E-state index in [0.29, 0.717) is 43.3 Å². The van der Waals surface area contributed by atoms with E-state index in [2.05, 4.69) is 0 Å². The molecule has 1 heterocycles. The first-order valence-corrected chi connectivity index (χ1v) is 6.39. The van der Waals surface area contributed by atoms with Gasteiger partial charge in [-0.2, -0.15) is 0 Å². The van der Waals surface area contributed by atoms with Gasteiger partial charge in [-0.15, -0.1) is 0 Å². The van der Waals surface area contributed by atoms with E-state index in [1.165, 1.54) is 0 Å². The Morgan fingerprint density at radius 3 is 2.89 bits per heavy atom. The van der Waals surface area contributed by atoms with Gasteiger partial charge in [-0.25, -0.2) is 0 Å². The highest BCUT2D eigenvalue weighted by atomic mass is 16.5. The van der Waals surface area contributed by atoms with Crippen molar-refractivity contribution >= 4 is 11.9 Å². The van der Waals surface area contributed by atoms with Crippen molar-refractivity contribution in [3.63, 3.8) is 0 Å². The molecule has 1 saturated heterocycles. The van der Waals surface area contributed by atoms with E-state index in [1.807, 2.05) is 31.2 Å². The number of carbonyl (C=O) groups is 1. The largest absolute Gasteiger partial charge is 0.497 e. The van der Waals surface area contributed by atoms with Crippen molar-refractivity contribution in [2.75, 3.05) is 20.3 Å². The first-order valence-electron chi connectivity index (χ1n) is 6.39. The molecule has 102 valence electrons. The Balaban J connectivity index is 2.22. The summed E-state index contributed by atoms with van der Waals surface area (Å²) in [6.45, 7) is 2.97. The van der Waals surface area contributed by atoms with Gasteiger partial charge in [0, 0.05) is 6.42 Å². The zero-order valence-electron chi connectivity index (χ0n) is 11.3. The van der Waals surface area contributed by atoms with Gasteiger partial charge in [0.1, 0.15) is 11.5 Å². The van der Waals surface area contributed by atoms with E-state index in [-0.39, 0.29) is 5.78 Å². The summed E-state index contributed by atoms with van der Waals surface area (Å²) in [6.07, 6.45) is 2.75. The molecule has 1 aliphatic heterocycles. The van der Waals surface area contributed by atoms with Gasteiger partial charge >= 0.3 is 0 Å². The third-order valence-electron chi connectivity index (χ3n) is 2.85. The van der Waals surface area contributed by atoms with Crippen molar-refractivity contribution in [1.29, 1.82) is 0 Å². The first kappa shape index (κ1) is 13.5. The maximum Gasteiger partial charge on any atom is 0.161 e. The van der Waals surface area contributed by atoms with Gasteiger partial charge < -0.3 is 14.2 Å². The molecule has 0 saturated carbocycles. The Morgan fingerprint density at radius 1 is 1.37 bits per heavy atom. The molecule has 4 heteroatoms. The monoisotopic (exact) mass is 262 g/mol. The minimum Gasteiger partial charge on any atom is -0.497 e. The Bertz CT molecular complexity index is 491. The fourth-order valence-corrected chi connectivity index (χ4v) is 1.96. The molecule has 0 radical (unpaired) electrons. The van der Waals surface area contributed by atoms with Crippen LogP contribution in [-0.2, 0) is 9.53 Å². The highest BCUT2D eigenvalue weighted by Crippen LogP contribution is 2.29. The summed E-state index contributed by atoms with van der Waals surface area (Å²) < 4.78 is 16.2.